The molecule has 0 saturated carbocycles. The monoisotopic (exact) mass is 203 g/mol. The molecule has 15 heavy (non-hydrogen) atoms. The Hall–Kier alpha value is -1.77. The minimum absolute atomic E-state index is 0.250. The summed E-state index contributed by atoms with van der Waals surface area (Å²) in [6, 6.07) is 7.43. The van der Waals surface area contributed by atoms with Gasteiger partial charge >= 0.3 is 5.97 Å². The van der Waals surface area contributed by atoms with Crippen LogP contribution in [0, 0.1) is 0 Å². The molecular formula is C12H13NO2. The highest BCUT2D eigenvalue weighted by Crippen LogP contribution is 2.14. The smallest absolute Gasteiger partial charge is 0.338 e. The molecule has 0 amide bonds. The first kappa shape index (κ1) is 9.77. The van der Waals surface area contributed by atoms with Crippen LogP contribution in [-0.2, 0) is 4.74 Å². The third kappa shape index (κ3) is 2.01. The van der Waals surface area contributed by atoms with Gasteiger partial charge in [-0.2, -0.15) is 0 Å². The molecule has 1 aromatic carbocycles. The van der Waals surface area contributed by atoms with Crippen molar-refractivity contribution in [3.63, 3.8) is 0 Å². The molecule has 2 aromatic rings. The second kappa shape index (κ2) is 4.17. The van der Waals surface area contributed by atoms with Crippen LogP contribution >= 0.6 is 0 Å². The third-order valence-electron chi connectivity index (χ3n) is 2.23. The van der Waals surface area contributed by atoms with Gasteiger partial charge in [-0.1, -0.05) is 6.92 Å². The number of nitrogens with one attached hydrogen (secondary N) is 1. The summed E-state index contributed by atoms with van der Waals surface area (Å²) in [5.74, 6) is -0.250. The van der Waals surface area contributed by atoms with Crippen LogP contribution in [0.15, 0.2) is 30.5 Å². The van der Waals surface area contributed by atoms with E-state index in [2.05, 4.69) is 4.98 Å². The van der Waals surface area contributed by atoms with Gasteiger partial charge in [-0.25, -0.2) is 4.79 Å². The van der Waals surface area contributed by atoms with Crippen molar-refractivity contribution in [3.05, 3.63) is 36.0 Å². The Morgan fingerprint density at radius 3 is 3.07 bits per heavy atom. The summed E-state index contributed by atoms with van der Waals surface area (Å²) in [6.45, 7) is 2.45. The van der Waals surface area contributed by atoms with E-state index < -0.39 is 0 Å². The Bertz CT molecular complexity index is 473. The van der Waals surface area contributed by atoms with Crippen LogP contribution in [0.5, 0.6) is 0 Å². The van der Waals surface area contributed by atoms with E-state index in [4.69, 9.17) is 4.74 Å². The predicted molar refractivity (Wildman–Crippen MR) is 58.9 cm³/mol. The first-order valence-electron chi connectivity index (χ1n) is 5.05. The molecule has 3 nitrogen and oxygen atoms in total. The minimum Gasteiger partial charge on any atom is -0.462 e. The van der Waals surface area contributed by atoms with E-state index in [0.29, 0.717) is 12.2 Å². The van der Waals surface area contributed by atoms with Crippen LogP contribution in [0.4, 0.5) is 0 Å². The summed E-state index contributed by atoms with van der Waals surface area (Å²) in [7, 11) is 0. The zero-order valence-corrected chi connectivity index (χ0v) is 8.62. The molecule has 1 N–H and O–H groups in total. The first-order valence-corrected chi connectivity index (χ1v) is 5.05. The highest BCUT2D eigenvalue weighted by molar-refractivity contribution is 5.94. The number of carbonyl (C=O) groups excluding carboxylic acids is 1. The molecule has 78 valence electrons. The topological polar surface area (TPSA) is 42.1 Å². The molecule has 0 saturated heterocycles. The highest BCUT2D eigenvalue weighted by Gasteiger charge is 2.07. The molecule has 0 radical (unpaired) electrons. The van der Waals surface area contributed by atoms with Gasteiger partial charge < -0.3 is 9.72 Å². The van der Waals surface area contributed by atoms with Gasteiger partial charge in [0.15, 0.2) is 0 Å². The van der Waals surface area contributed by atoms with Gasteiger partial charge in [0.05, 0.1) is 12.2 Å². The van der Waals surface area contributed by atoms with Crippen molar-refractivity contribution in [2.75, 3.05) is 6.61 Å². The normalized spacial score (nSPS) is 10.5. The number of benzene rings is 1. The van der Waals surface area contributed by atoms with Gasteiger partial charge in [0.1, 0.15) is 0 Å². The summed E-state index contributed by atoms with van der Waals surface area (Å²) in [5.41, 5.74) is 1.64. The fourth-order valence-corrected chi connectivity index (χ4v) is 1.46. The van der Waals surface area contributed by atoms with Crippen molar-refractivity contribution < 1.29 is 9.53 Å². The predicted octanol–water partition coefficient (Wildman–Crippen LogP) is 2.73. The van der Waals surface area contributed by atoms with E-state index in [1.165, 1.54) is 0 Å². The maximum Gasteiger partial charge on any atom is 0.338 e. The van der Waals surface area contributed by atoms with E-state index in [1.54, 1.807) is 6.07 Å². The van der Waals surface area contributed by atoms with E-state index >= 15 is 0 Å². The van der Waals surface area contributed by atoms with E-state index in [1.807, 2.05) is 31.3 Å². The summed E-state index contributed by atoms with van der Waals surface area (Å²) < 4.78 is 5.05. The van der Waals surface area contributed by atoms with Crippen molar-refractivity contribution in [2.45, 2.75) is 13.3 Å². The summed E-state index contributed by atoms with van der Waals surface area (Å²) in [6.07, 6.45) is 2.70. The Kier molecular flexibility index (Phi) is 2.72. The van der Waals surface area contributed by atoms with Crippen molar-refractivity contribution in [1.29, 1.82) is 0 Å². The van der Waals surface area contributed by atoms with Crippen molar-refractivity contribution in [2.24, 2.45) is 0 Å². The van der Waals surface area contributed by atoms with E-state index in [-0.39, 0.29) is 5.97 Å². The number of hydrogen-bond donors (Lipinski definition) is 1. The van der Waals surface area contributed by atoms with E-state index in [0.717, 1.165) is 17.3 Å². The standard InChI is InChI=1S/C12H13NO2/c1-2-7-15-12(14)10-3-4-11-9(8-10)5-6-13-11/h3-6,8,13H,2,7H2,1H3. The Morgan fingerprint density at radius 2 is 2.27 bits per heavy atom. The van der Waals surface area contributed by atoms with Gasteiger partial charge in [-0.15, -0.1) is 0 Å². The molecule has 0 aliphatic rings. The van der Waals surface area contributed by atoms with Crippen molar-refractivity contribution in [3.8, 4) is 0 Å². The van der Waals surface area contributed by atoms with Gasteiger partial charge in [-0.3, -0.25) is 0 Å². The summed E-state index contributed by atoms with van der Waals surface area (Å²) in [4.78, 5) is 14.6. The molecule has 0 aliphatic carbocycles. The van der Waals surface area contributed by atoms with Gasteiger partial charge in [0, 0.05) is 17.1 Å². The molecule has 0 atom stereocenters. The average Bonchev–Trinajstić information content (AvgIpc) is 2.72. The number of fused-ring (bicyclic) bond motifs is 1. The Labute approximate surface area is 88.1 Å². The first-order chi connectivity index (χ1) is 7.31. The molecule has 2 rings (SSSR count). The quantitative estimate of drug-likeness (QED) is 0.779. The second-order valence-corrected chi connectivity index (χ2v) is 3.42. The fourth-order valence-electron chi connectivity index (χ4n) is 1.46. The molecule has 0 aliphatic heterocycles. The second-order valence-electron chi connectivity index (χ2n) is 3.42. The number of aromatic amines is 1. The number of aromatic nitrogens is 1. The van der Waals surface area contributed by atoms with Crippen molar-refractivity contribution >= 4 is 16.9 Å². The number of esters is 1. The molecular weight excluding hydrogens is 190 g/mol. The number of H-pyrrole nitrogens is 1. The maximum atomic E-state index is 11.5. The molecule has 3 heteroatoms. The van der Waals surface area contributed by atoms with Crippen LogP contribution in [0.1, 0.15) is 23.7 Å². The highest BCUT2D eigenvalue weighted by atomic mass is 16.5. The molecule has 0 fully saturated rings. The van der Waals surface area contributed by atoms with Crippen LogP contribution < -0.4 is 0 Å². The minimum atomic E-state index is -0.250. The Balaban J connectivity index is 2.23. The number of rotatable bonds is 3. The van der Waals surface area contributed by atoms with Gasteiger partial charge in [0.25, 0.3) is 0 Å². The van der Waals surface area contributed by atoms with E-state index in [9.17, 15) is 4.79 Å². The van der Waals surface area contributed by atoms with Crippen LogP contribution in [0.3, 0.4) is 0 Å². The van der Waals surface area contributed by atoms with Crippen molar-refractivity contribution in [1.82, 2.24) is 4.98 Å². The number of carbonyl (C=O) groups is 1. The molecule has 0 bridgehead atoms. The zero-order valence-electron chi connectivity index (χ0n) is 8.62. The molecule has 0 spiro atoms. The largest absolute Gasteiger partial charge is 0.462 e. The summed E-state index contributed by atoms with van der Waals surface area (Å²) >= 11 is 0. The zero-order chi connectivity index (χ0) is 10.7. The summed E-state index contributed by atoms with van der Waals surface area (Å²) in [5, 5.41) is 1.03. The van der Waals surface area contributed by atoms with Crippen LogP contribution in [-0.4, -0.2) is 17.6 Å². The average molecular weight is 203 g/mol. The van der Waals surface area contributed by atoms with Gasteiger partial charge in [0.2, 0.25) is 0 Å². The lowest BCUT2D eigenvalue weighted by Gasteiger charge is -2.02. The lowest BCUT2D eigenvalue weighted by Crippen LogP contribution is -2.05. The SMILES string of the molecule is CCCOC(=O)c1ccc2[nH]ccc2c1. The number of hydrogen-bond acceptors (Lipinski definition) is 2. The lowest BCUT2D eigenvalue weighted by atomic mass is 10.1. The molecule has 1 heterocycles. The lowest BCUT2D eigenvalue weighted by molar-refractivity contribution is 0.0505. The Morgan fingerprint density at radius 1 is 1.40 bits per heavy atom. The molecule has 0 unspecified atom stereocenters. The third-order valence-corrected chi connectivity index (χ3v) is 2.23. The van der Waals surface area contributed by atoms with Gasteiger partial charge in [-0.05, 0) is 30.7 Å². The molecule has 1 aromatic heterocycles. The maximum absolute atomic E-state index is 11.5. The fraction of sp³-hybridized carbons (Fsp3) is 0.250. The van der Waals surface area contributed by atoms with Crippen LogP contribution in [0.25, 0.3) is 10.9 Å². The number of ether oxygens (including phenoxy) is 1. The van der Waals surface area contributed by atoms with Crippen LogP contribution in [0.2, 0.25) is 0 Å².